The van der Waals surface area contributed by atoms with Crippen LogP contribution in [0.5, 0.6) is 0 Å². The van der Waals surface area contributed by atoms with Crippen molar-refractivity contribution in [1.29, 1.82) is 5.41 Å². The number of nitrogens with one attached hydrogen (secondary N) is 1. The fraction of sp³-hybridized carbons (Fsp3) is 0.214. The molecule has 0 unspecified atom stereocenters. The van der Waals surface area contributed by atoms with Crippen LogP contribution in [-0.4, -0.2) is 29.5 Å². The zero-order valence-corrected chi connectivity index (χ0v) is 12.4. The van der Waals surface area contributed by atoms with Gasteiger partial charge in [-0.3, -0.25) is 15.3 Å². The van der Waals surface area contributed by atoms with Crippen molar-refractivity contribution in [2.45, 2.75) is 6.92 Å². The summed E-state index contributed by atoms with van der Waals surface area (Å²) in [4.78, 5) is 5.99. The number of nitrogens with zero attached hydrogens (tertiary/aromatic N) is 3. The van der Waals surface area contributed by atoms with Gasteiger partial charge in [0.15, 0.2) is 11.0 Å². The number of aryl methyl sites for hydroxylation is 1. The highest BCUT2D eigenvalue weighted by molar-refractivity contribution is 8.13. The summed E-state index contributed by atoms with van der Waals surface area (Å²) in [7, 11) is 1.71. The Morgan fingerprint density at radius 2 is 2.05 bits per heavy atom. The fourth-order valence-corrected chi connectivity index (χ4v) is 2.35. The molecule has 5 nitrogen and oxygen atoms in total. The number of amidine groups is 2. The molecule has 20 heavy (non-hydrogen) atoms. The van der Waals surface area contributed by atoms with Crippen LogP contribution >= 0.6 is 11.8 Å². The van der Waals surface area contributed by atoms with Gasteiger partial charge in [-0.05, 0) is 25.3 Å². The van der Waals surface area contributed by atoms with E-state index < -0.39 is 0 Å². The molecule has 2 aromatic rings. The highest BCUT2D eigenvalue weighted by Gasteiger charge is 2.21. The number of aromatic nitrogens is 1. The average molecular weight is 288 g/mol. The van der Waals surface area contributed by atoms with Crippen molar-refractivity contribution in [2.75, 3.05) is 18.2 Å². The number of anilines is 1. The smallest absolute Gasteiger partial charge is 0.169 e. The summed E-state index contributed by atoms with van der Waals surface area (Å²) < 4.78 is 5.05. The number of hydrogen-bond donors (Lipinski definition) is 1. The van der Waals surface area contributed by atoms with Crippen LogP contribution in [0.3, 0.4) is 0 Å². The lowest BCUT2D eigenvalue weighted by Crippen LogP contribution is -2.35. The molecule has 0 amide bonds. The Hall–Kier alpha value is -2.08. The van der Waals surface area contributed by atoms with E-state index in [1.807, 2.05) is 36.6 Å². The summed E-state index contributed by atoms with van der Waals surface area (Å²) in [6.45, 7) is 1.81. The van der Waals surface area contributed by atoms with Crippen molar-refractivity contribution in [3.05, 3.63) is 47.9 Å². The van der Waals surface area contributed by atoms with Gasteiger partial charge in [0.25, 0.3) is 0 Å². The van der Waals surface area contributed by atoms with Gasteiger partial charge in [-0.1, -0.05) is 35.1 Å². The van der Waals surface area contributed by atoms with E-state index in [1.54, 1.807) is 24.9 Å². The van der Waals surface area contributed by atoms with Gasteiger partial charge in [0, 0.05) is 18.8 Å². The number of aliphatic imine (C=N–C) groups is 1. The Morgan fingerprint density at radius 1 is 1.35 bits per heavy atom. The van der Waals surface area contributed by atoms with E-state index in [-0.39, 0.29) is 5.84 Å². The van der Waals surface area contributed by atoms with Gasteiger partial charge >= 0.3 is 0 Å². The van der Waals surface area contributed by atoms with Crippen LogP contribution in [-0.2, 0) is 0 Å². The number of para-hydroxylation sites is 1. The lowest BCUT2D eigenvalue weighted by atomic mass is 10.2. The van der Waals surface area contributed by atoms with Gasteiger partial charge in [-0.2, -0.15) is 0 Å². The number of thioether (sulfide) groups is 1. The Morgan fingerprint density at radius 3 is 2.55 bits per heavy atom. The van der Waals surface area contributed by atoms with Gasteiger partial charge in [0.2, 0.25) is 0 Å². The third-order valence-electron chi connectivity index (χ3n) is 2.67. The van der Waals surface area contributed by atoms with Crippen LogP contribution in [0.25, 0.3) is 0 Å². The first-order chi connectivity index (χ1) is 9.67. The van der Waals surface area contributed by atoms with Crippen molar-refractivity contribution in [3.63, 3.8) is 0 Å². The van der Waals surface area contributed by atoms with Gasteiger partial charge in [0.1, 0.15) is 11.5 Å². The molecule has 0 aliphatic heterocycles. The van der Waals surface area contributed by atoms with Crippen molar-refractivity contribution < 1.29 is 4.52 Å². The largest absolute Gasteiger partial charge is 0.361 e. The molecular weight excluding hydrogens is 272 g/mol. The normalized spacial score (nSPS) is 11.4. The molecule has 0 atom stereocenters. The molecule has 6 heteroatoms. The standard InChI is InChI=1S/C14H16N4OS/c1-10-9-12(17-19-10)13(15)18(14(16-2)20-3)11-7-5-4-6-8-11/h4-9,15H,1-3H3. The second-order valence-electron chi connectivity index (χ2n) is 4.05. The molecular formula is C14H16N4OS. The molecule has 1 aromatic heterocycles. The Balaban J connectivity index is 2.44. The maximum atomic E-state index is 8.38. The molecule has 1 heterocycles. The molecule has 0 radical (unpaired) electrons. The minimum Gasteiger partial charge on any atom is -0.361 e. The van der Waals surface area contributed by atoms with Gasteiger partial charge in [-0.15, -0.1) is 0 Å². The maximum Gasteiger partial charge on any atom is 0.169 e. The fourth-order valence-electron chi connectivity index (χ4n) is 1.79. The van der Waals surface area contributed by atoms with E-state index in [0.717, 1.165) is 10.9 Å². The highest BCUT2D eigenvalue weighted by Crippen LogP contribution is 2.21. The predicted molar refractivity (Wildman–Crippen MR) is 83.9 cm³/mol. The summed E-state index contributed by atoms with van der Waals surface area (Å²) in [5, 5.41) is 13.0. The first kappa shape index (κ1) is 14.3. The molecule has 0 saturated carbocycles. The Labute approximate surface area is 122 Å². The van der Waals surface area contributed by atoms with E-state index >= 15 is 0 Å². The third-order valence-corrected chi connectivity index (χ3v) is 3.40. The lowest BCUT2D eigenvalue weighted by molar-refractivity contribution is 0.396. The van der Waals surface area contributed by atoms with E-state index in [9.17, 15) is 0 Å². The van der Waals surface area contributed by atoms with Crippen LogP contribution in [0.1, 0.15) is 11.5 Å². The highest BCUT2D eigenvalue weighted by atomic mass is 32.2. The van der Waals surface area contributed by atoms with E-state index in [1.165, 1.54) is 11.8 Å². The second kappa shape index (κ2) is 6.38. The van der Waals surface area contributed by atoms with Crippen LogP contribution in [0, 0.1) is 12.3 Å². The van der Waals surface area contributed by atoms with Crippen LogP contribution in [0.4, 0.5) is 5.69 Å². The van der Waals surface area contributed by atoms with Crippen molar-refractivity contribution in [2.24, 2.45) is 4.99 Å². The zero-order chi connectivity index (χ0) is 14.5. The molecule has 104 valence electrons. The SMILES string of the molecule is CN=C(SC)N(C(=N)c1cc(C)on1)c1ccccc1. The van der Waals surface area contributed by atoms with Crippen LogP contribution in [0.2, 0.25) is 0 Å². The first-order valence-electron chi connectivity index (χ1n) is 6.05. The maximum absolute atomic E-state index is 8.38. The number of hydrogen-bond acceptors (Lipinski definition) is 5. The number of benzene rings is 1. The number of rotatable bonds is 2. The Bertz CT molecular complexity index is 621. The Kier molecular flexibility index (Phi) is 4.57. The molecule has 0 aliphatic rings. The van der Waals surface area contributed by atoms with Gasteiger partial charge in [0.05, 0.1) is 0 Å². The van der Waals surface area contributed by atoms with E-state index in [0.29, 0.717) is 11.5 Å². The summed E-state index contributed by atoms with van der Waals surface area (Å²) >= 11 is 1.48. The van der Waals surface area contributed by atoms with Gasteiger partial charge < -0.3 is 4.52 Å². The molecule has 0 spiro atoms. The predicted octanol–water partition coefficient (Wildman–Crippen LogP) is 3.16. The van der Waals surface area contributed by atoms with Gasteiger partial charge in [-0.25, -0.2) is 0 Å². The molecule has 0 fully saturated rings. The van der Waals surface area contributed by atoms with E-state index in [4.69, 9.17) is 9.93 Å². The first-order valence-corrected chi connectivity index (χ1v) is 7.28. The second-order valence-corrected chi connectivity index (χ2v) is 4.83. The third kappa shape index (κ3) is 2.91. The lowest BCUT2D eigenvalue weighted by Gasteiger charge is -2.24. The monoisotopic (exact) mass is 288 g/mol. The topological polar surface area (TPSA) is 65.5 Å². The van der Waals surface area contributed by atoms with Crippen LogP contribution in [0.15, 0.2) is 45.9 Å². The zero-order valence-electron chi connectivity index (χ0n) is 11.6. The molecule has 1 N–H and O–H groups in total. The minimum absolute atomic E-state index is 0.239. The molecule has 0 saturated heterocycles. The van der Waals surface area contributed by atoms with E-state index in [2.05, 4.69) is 10.1 Å². The average Bonchev–Trinajstić information content (AvgIpc) is 2.91. The molecule has 2 rings (SSSR count). The molecule has 1 aromatic carbocycles. The quantitative estimate of drug-likeness (QED) is 0.681. The summed E-state index contributed by atoms with van der Waals surface area (Å²) in [6, 6.07) is 11.4. The summed E-state index contributed by atoms with van der Waals surface area (Å²) in [5.41, 5.74) is 1.36. The summed E-state index contributed by atoms with van der Waals surface area (Å²) in [6.07, 6.45) is 1.93. The van der Waals surface area contributed by atoms with Crippen molar-refractivity contribution in [1.82, 2.24) is 5.16 Å². The van der Waals surface area contributed by atoms with Crippen LogP contribution < -0.4 is 4.90 Å². The molecule has 0 bridgehead atoms. The molecule has 0 aliphatic carbocycles. The minimum atomic E-state index is 0.239. The van der Waals surface area contributed by atoms with Crippen molar-refractivity contribution >= 4 is 28.5 Å². The summed E-state index contributed by atoms with van der Waals surface area (Å²) in [5.74, 6) is 0.917. The van der Waals surface area contributed by atoms with Crippen molar-refractivity contribution in [3.8, 4) is 0 Å².